The molecule has 0 saturated carbocycles. The summed E-state index contributed by atoms with van der Waals surface area (Å²) >= 11 is 8.33. The Kier molecular flexibility index (Phi) is 7.05. The molecule has 1 amide bonds. The number of ether oxygens (including phenoxy) is 1. The van der Waals surface area contributed by atoms with Gasteiger partial charge in [-0.05, 0) is 79.7 Å². The van der Waals surface area contributed by atoms with Gasteiger partial charge in [0.1, 0.15) is 11.8 Å². The fourth-order valence-electron chi connectivity index (χ4n) is 2.61. The number of amides is 1. The SMILES string of the molecule is CCc1ccc(N[C@@H]2NC(=O)/C(=C/c3cc(Br)c(OCC#N)c(Br)c3)S2)cc1. The number of halogens is 2. The van der Waals surface area contributed by atoms with E-state index in [2.05, 4.69) is 61.5 Å². The topological polar surface area (TPSA) is 74.2 Å². The number of thioether (sulfide) groups is 1. The van der Waals surface area contributed by atoms with Gasteiger partial charge in [0.05, 0.1) is 13.9 Å². The molecule has 2 aromatic rings. The van der Waals surface area contributed by atoms with Crippen LogP contribution in [0.1, 0.15) is 18.1 Å². The molecule has 0 aromatic heterocycles. The van der Waals surface area contributed by atoms with Crippen molar-refractivity contribution in [3.05, 3.63) is 61.4 Å². The lowest BCUT2D eigenvalue weighted by Gasteiger charge is -2.13. The molecule has 1 fully saturated rings. The van der Waals surface area contributed by atoms with Gasteiger partial charge in [-0.1, -0.05) is 30.8 Å². The second-order valence-electron chi connectivity index (χ2n) is 5.94. The van der Waals surface area contributed by atoms with Crippen LogP contribution in [0.3, 0.4) is 0 Å². The molecular formula is C20H17Br2N3O2S. The van der Waals surface area contributed by atoms with Crippen LogP contribution in [-0.4, -0.2) is 18.0 Å². The lowest BCUT2D eigenvalue weighted by Crippen LogP contribution is -2.30. The van der Waals surface area contributed by atoms with E-state index in [1.165, 1.54) is 17.3 Å². The van der Waals surface area contributed by atoms with E-state index in [4.69, 9.17) is 10.00 Å². The van der Waals surface area contributed by atoms with E-state index in [1.54, 1.807) is 0 Å². The Morgan fingerprint density at radius 2 is 1.96 bits per heavy atom. The molecule has 0 spiro atoms. The first-order chi connectivity index (χ1) is 13.5. The van der Waals surface area contributed by atoms with Crippen molar-refractivity contribution in [3.8, 4) is 11.8 Å². The van der Waals surface area contributed by atoms with E-state index in [-0.39, 0.29) is 18.0 Å². The van der Waals surface area contributed by atoms with E-state index >= 15 is 0 Å². The summed E-state index contributed by atoms with van der Waals surface area (Å²) in [4.78, 5) is 13.0. The van der Waals surface area contributed by atoms with Crippen LogP contribution in [0.25, 0.3) is 6.08 Å². The third-order valence-electron chi connectivity index (χ3n) is 3.99. The summed E-state index contributed by atoms with van der Waals surface area (Å²) in [5, 5.41) is 14.9. The third-order valence-corrected chi connectivity index (χ3v) is 6.20. The molecule has 2 aromatic carbocycles. The van der Waals surface area contributed by atoms with Crippen molar-refractivity contribution in [2.45, 2.75) is 18.8 Å². The van der Waals surface area contributed by atoms with Crippen LogP contribution in [0.15, 0.2) is 50.2 Å². The Balaban J connectivity index is 1.72. The molecule has 144 valence electrons. The molecule has 1 heterocycles. The van der Waals surface area contributed by atoms with Gasteiger partial charge in [-0.2, -0.15) is 5.26 Å². The Morgan fingerprint density at radius 1 is 1.29 bits per heavy atom. The monoisotopic (exact) mass is 521 g/mol. The lowest BCUT2D eigenvalue weighted by molar-refractivity contribution is -0.116. The van der Waals surface area contributed by atoms with E-state index in [9.17, 15) is 4.79 Å². The minimum Gasteiger partial charge on any atom is -0.476 e. The lowest BCUT2D eigenvalue weighted by atomic mass is 10.1. The first-order valence-corrected chi connectivity index (χ1v) is 11.0. The predicted octanol–water partition coefficient (Wildman–Crippen LogP) is 5.28. The van der Waals surface area contributed by atoms with Gasteiger partial charge in [-0.25, -0.2) is 0 Å². The molecule has 1 saturated heterocycles. The molecule has 0 bridgehead atoms. The number of nitrogens with one attached hydrogen (secondary N) is 2. The van der Waals surface area contributed by atoms with Crippen molar-refractivity contribution in [1.29, 1.82) is 5.26 Å². The van der Waals surface area contributed by atoms with Crippen LogP contribution in [0, 0.1) is 11.3 Å². The van der Waals surface area contributed by atoms with E-state index in [1.807, 2.05) is 36.4 Å². The van der Waals surface area contributed by atoms with Crippen molar-refractivity contribution in [1.82, 2.24) is 5.32 Å². The molecule has 1 atom stereocenters. The summed E-state index contributed by atoms with van der Waals surface area (Å²) in [6.45, 7) is 2.08. The molecule has 0 aliphatic carbocycles. The van der Waals surface area contributed by atoms with Crippen LogP contribution in [0.2, 0.25) is 0 Å². The number of hydrogen-bond acceptors (Lipinski definition) is 5. The minimum atomic E-state index is -0.226. The summed E-state index contributed by atoms with van der Waals surface area (Å²) in [6.07, 6.45) is 2.82. The fraction of sp³-hybridized carbons (Fsp3) is 0.200. The highest BCUT2D eigenvalue weighted by atomic mass is 79.9. The molecule has 0 unspecified atom stereocenters. The van der Waals surface area contributed by atoms with Gasteiger partial charge < -0.3 is 15.4 Å². The van der Waals surface area contributed by atoms with Gasteiger partial charge in [0, 0.05) is 5.69 Å². The van der Waals surface area contributed by atoms with Gasteiger partial charge in [0.15, 0.2) is 12.1 Å². The van der Waals surface area contributed by atoms with E-state index < -0.39 is 0 Å². The normalized spacial score (nSPS) is 17.3. The van der Waals surface area contributed by atoms with Crippen LogP contribution in [0.4, 0.5) is 5.69 Å². The van der Waals surface area contributed by atoms with Crippen molar-refractivity contribution < 1.29 is 9.53 Å². The zero-order valence-electron chi connectivity index (χ0n) is 15.0. The van der Waals surface area contributed by atoms with Gasteiger partial charge in [-0.3, -0.25) is 4.79 Å². The molecule has 2 N–H and O–H groups in total. The molecule has 5 nitrogen and oxygen atoms in total. The number of nitrogens with zero attached hydrogens (tertiary/aromatic N) is 1. The van der Waals surface area contributed by atoms with Gasteiger partial charge in [-0.15, -0.1) is 0 Å². The van der Waals surface area contributed by atoms with E-state index in [0.29, 0.717) is 19.6 Å². The van der Waals surface area contributed by atoms with Gasteiger partial charge in [0.2, 0.25) is 0 Å². The predicted molar refractivity (Wildman–Crippen MR) is 120 cm³/mol. The highest BCUT2D eigenvalue weighted by Crippen LogP contribution is 2.37. The second kappa shape index (κ2) is 9.50. The summed E-state index contributed by atoms with van der Waals surface area (Å²) in [5.41, 5.74) is 2.85. The van der Waals surface area contributed by atoms with Crippen LogP contribution in [-0.2, 0) is 11.2 Å². The highest BCUT2D eigenvalue weighted by molar-refractivity contribution is 9.11. The van der Waals surface area contributed by atoms with E-state index in [0.717, 1.165) is 17.7 Å². The Labute approximate surface area is 184 Å². The zero-order valence-corrected chi connectivity index (χ0v) is 18.9. The average molecular weight is 523 g/mol. The van der Waals surface area contributed by atoms with Crippen molar-refractivity contribution >= 4 is 61.3 Å². The molecule has 0 radical (unpaired) electrons. The molecule has 3 rings (SSSR count). The van der Waals surface area contributed by atoms with Gasteiger partial charge in [0.25, 0.3) is 5.91 Å². The number of benzene rings is 2. The first-order valence-electron chi connectivity index (χ1n) is 8.53. The number of rotatable bonds is 6. The fourth-order valence-corrected chi connectivity index (χ4v) is 5.05. The van der Waals surface area contributed by atoms with Crippen LogP contribution in [0.5, 0.6) is 5.75 Å². The number of carbonyl (C=O) groups is 1. The maximum Gasteiger partial charge on any atom is 0.260 e. The molecule has 1 aliphatic heterocycles. The van der Waals surface area contributed by atoms with Crippen LogP contribution < -0.4 is 15.4 Å². The quantitative estimate of drug-likeness (QED) is 0.505. The summed E-state index contributed by atoms with van der Waals surface area (Å²) in [7, 11) is 0. The largest absolute Gasteiger partial charge is 0.476 e. The highest BCUT2D eigenvalue weighted by Gasteiger charge is 2.27. The maximum absolute atomic E-state index is 12.3. The summed E-state index contributed by atoms with van der Waals surface area (Å²) in [6, 6.07) is 13.8. The summed E-state index contributed by atoms with van der Waals surface area (Å²) in [5.74, 6) is 0.437. The Hall–Kier alpha value is -1.95. The smallest absolute Gasteiger partial charge is 0.260 e. The molecule has 8 heteroatoms. The molecular weight excluding hydrogens is 506 g/mol. The van der Waals surface area contributed by atoms with Crippen molar-refractivity contribution in [3.63, 3.8) is 0 Å². The minimum absolute atomic E-state index is 0.0392. The first kappa shape index (κ1) is 20.8. The van der Waals surface area contributed by atoms with Gasteiger partial charge >= 0.3 is 0 Å². The average Bonchev–Trinajstić information content (AvgIpc) is 3.00. The number of carbonyl (C=O) groups excluding carboxylic acids is 1. The molecule has 1 aliphatic rings. The Morgan fingerprint density at radius 3 is 2.57 bits per heavy atom. The third kappa shape index (κ3) is 5.10. The Bertz CT molecular complexity index is 932. The number of anilines is 1. The second-order valence-corrected chi connectivity index (χ2v) is 8.79. The van der Waals surface area contributed by atoms with Crippen molar-refractivity contribution in [2.75, 3.05) is 11.9 Å². The number of hydrogen-bond donors (Lipinski definition) is 2. The standard InChI is InChI=1S/C20H17Br2N3O2S/c1-2-12-3-5-14(6-4-12)24-20-25-19(26)17(28-20)11-13-9-15(21)18(16(22)10-13)27-8-7-23/h3-6,9-11,20,24H,2,8H2,1H3,(H,25,26)/b17-11-/t20-/m1/s1. The maximum atomic E-state index is 12.3. The summed E-state index contributed by atoms with van der Waals surface area (Å²) < 4.78 is 6.81. The zero-order chi connectivity index (χ0) is 20.1. The van der Waals surface area contributed by atoms with Crippen molar-refractivity contribution in [2.24, 2.45) is 0 Å². The van der Waals surface area contributed by atoms with Crippen LogP contribution >= 0.6 is 43.6 Å². The number of nitriles is 1. The molecule has 28 heavy (non-hydrogen) atoms. The number of aryl methyl sites for hydroxylation is 1.